The molecule has 0 aromatic carbocycles. The summed E-state index contributed by atoms with van der Waals surface area (Å²) in [6.07, 6.45) is 3.99. The van der Waals surface area contributed by atoms with Gasteiger partial charge < -0.3 is 14.7 Å². The van der Waals surface area contributed by atoms with E-state index in [9.17, 15) is 9.59 Å². The smallest absolute Gasteiger partial charge is 0.228 e. The van der Waals surface area contributed by atoms with Crippen LogP contribution in [-0.4, -0.2) is 78.3 Å². The van der Waals surface area contributed by atoms with E-state index in [0.29, 0.717) is 25.4 Å². The maximum absolute atomic E-state index is 12.6. The first-order chi connectivity index (χ1) is 11.0. The Labute approximate surface area is 137 Å². The van der Waals surface area contributed by atoms with Crippen LogP contribution in [0, 0.1) is 5.92 Å². The Hall–Kier alpha value is -1.95. The normalized spacial score (nSPS) is 21.9. The summed E-state index contributed by atoms with van der Waals surface area (Å²) in [5.41, 5.74) is 1.19. The Bertz CT molecular complexity index is 569. The van der Waals surface area contributed by atoms with Crippen LogP contribution in [0.15, 0.2) is 24.5 Å². The summed E-state index contributed by atoms with van der Waals surface area (Å²) in [5, 5.41) is 0. The topological polar surface area (TPSA) is 56.8 Å². The Morgan fingerprint density at radius 1 is 1.35 bits per heavy atom. The number of rotatable bonds is 5. The number of amides is 2. The molecule has 23 heavy (non-hydrogen) atoms. The van der Waals surface area contributed by atoms with Crippen molar-refractivity contribution in [2.24, 2.45) is 5.92 Å². The molecule has 3 rings (SSSR count). The van der Waals surface area contributed by atoms with Crippen LogP contribution in [0.2, 0.25) is 0 Å². The second kappa shape index (κ2) is 6.66. The number of hydrogen-bond donors (Lipinski definition) is 0. The number of likely N-dealkylation sites (N-methyl/N-ethyl adjacent to an activating group) is 1. The molecule has 2 saturated heterocycles. The van der Waals surface area contributed by atoms with Gasteiger partial charge in [-0.2, -0.15) is 0 Å². The predicted molar refractivity (Wildman–Crippen MR) is 86.8 cm³/mol. The summed E-state index contributed by atoms with van der Waals surface area (Å²) >= 11 is 0. The quantitative estimate of drug-likeness (QED) is 0.790. The largest absolute Gasteiger partial charge is 0.341 e. The van der Waals surface area contributed by atoms with Gasteiger partial charge in [0.05, 0.1) is 5.92 Å². The molecule has 3 heterocycles. The molecule has 6 nitrogen and oxygen atoms in total. The minimum atomic E-state index is -0.167. The molecule has 0 unspecified atom stereocenters. The van der Waals surface area contributed by atoms with Gasteiger partial charge in [-0.25, -0.2) is 0 Å². The van der Waals surface area contributed by atoms with E-state index in [1.54, 1.807) is 6.20 Å². The standard InChI is InChI=1S/C17H24N4O2/c1-19(2)6-7-20-10-14(8-16(20)22)17(23)21-11-15(12-21)13-4-3-5-18-9-13/h3-5,9,14-15H,6-8,10-12H2,1-2H3/t14-/m0/s1. The van der Waals surface area contributed by atoms with Gasteiger partial charge in [-0.1, -0.05) is 6.07 Å². The average Bonchev–Trinajstić information content (AvgIpc) is 2.86. The Kier molecular flexibility index (Phi) is 4.61. The molecule has 2 aliphatic rings. The highest BCUT2D eigenvalue weighted by Gasteiger charge is 2.40. The van der Waals surface area contributed by atoms with E-state index in [0.717, 1.165) is 19.6 Å². The fourth-order valence-corrected chi connectivity index (χ4v) is 3.22. The van der Waals surface area contributed by atoms with Gasteiger partial charge in [-0.05, 0) is 25.7 Å². The monoisotopic (exact) mass is 316 g/mol. The molecule has 2 aliphatic heterocycles. The predicted octanol–water partition coefficient (Wildman–Crippen LogP) is 0.418. The van der Waals surface area contributed by atoms with Crippen LogP contribution in [0.3, 0.4) is 0 Å². The number of hydrogen-bond acceptors (Lipinski definition) is 4. The summed E-state index contributed by atoms with van der Waals surface area (Å²) in [7, 11) is 3.98. The van der Waals surface area contributed by atoms with Crippen LogP contribution in [-0.2, 0) is 9.59 Å². The van der Waals surface area contributed by atoms with Crippen molar-refractivity contribution in [1.29, 1.82) is 0 Å². The molecule has 0 aliphatic carbocycles. The summed E-state index contributed by atoms with van der Waals surface area (Å²) in [5.74, 6) is 0.453. The van der Waals surface area contributed by atoms with Crippen molar-refractivity contribution >= 4 is 11.8 Å². The maximum atomic E-state index is 12.6. The number of pyridine rings is 1. The van der Waals surface area contributed by atoms with Crippen LogP contribution in [0.1, 0.15) is 17.9 Å². The van der Waals surface area contributed by atoms with Crippen LogP contribution < -0.4 is 0 Å². The van der Waals surface area contributed by atoms with Crippen molar-refractivity contribution in [3.63, 3.8) is 0 Å². The second-order valence-corrected chi connectivity index (χ2v) is 6.77. The number of carbonyl (C=O) groups is 2. The Balaban J connectivity index is 1.49. The maximum Gasteiger partial charge on any atom is 0.228 e. The van der Waals surface area contributed by atoms with E-state index in [-0.39, 0.29) is 17.7 Å². The fourth-order valence-electron chi connectivity index (χ4n) is 3.22. The van der Waals surface area contributed by atoms with Crippen LogP contribution in [0.25, 0.3) is 0 Å². The van der Waals surface area contributed by atoms with Crippen molar-refractivity contribution in [3.05, 3.63) is 30.1 Å². The second-order valence-electron chi connectivity index (χ2n) is 6.77. The summed E-state index contributed by atoms with van der Waals surface area (Å²) in [4.78, 5) is 34.5. The van der Waals surface area contributed by atoms with Gasteiger partial charge >= 0.3 is 0 Å². The third-order valence-electron chi connectivity index (χ3n) is 4.73. The van der Waals surface area contributed by atoms with Gasteiger partial charge in [-0.15, -0.1) is 0 Å². The van der Waals surface area contributed by atoms with E-state index in [1.165, 1.54) is 5.56 Å². The Morgan fingerprint density at radius 3 is 2.78 bits per heavy atom. The number of nitrogens with zero attached hydrogens (tertiary/aromatic N) is 4. The van der Waals surface area contributed by atoms with Crippen molar-refractivity contribution < 1.29 is 9.59 Å². The van der Waals surface area contributed by atoms with Gasteiger partial charge in [0.25, 0.3) is 0 Å². The molecule has 1 aromatic heterocycles. The first kappa shape index (κ1) is 15.9. The van der Waals surface area contributed by atoms with E-state index in [2.05, 4.69) is 16.0 Å². The molecular formula is C17H24N4O2. The van der Waals surface area contributed by atoms with Crippen molar-refractivity contribution in [2.45, 2.75) is 12.3 Å². The first-order valence-electron chi connectivity index (χ1n) is 8.16. The van der Waals surface area contributed by atoms with Gasteiger partial charge in [0.1, 0.15) is 0 Å². The van der Waals surface area contributed by atoms with E-state index in [4.69, 9.17) is 0 Å². The van der Waals surface area contributed by atoms with Gasteiger partial charge in [-0.3, -0.25) is 14.6 Å². The van der Waals surface area contributed by atoms with Crippen molar-refractivity contribution in [3.8, 4) is 0 Å². The lowest BCUT2D eigenvalue weighted by molar-refractivity contribution is -0.140. The zero-order valence-corrected chi connectivity index (χ0v) is 13.8. The number of likely N-dealkylation sites (tertiary alicyclic amines) is 2. The third-order valence-corrected chi connectivity index (χ3v) is 4.73. The highest BCUT2D eigenvalue weighted by atomic mass is 16.2. The van der Waals surface area contributed by atoms with E-state index < -0.39 is 0 Å². The molecule has 0 radical (unpaired) electrons. The molecular weight excluding hydrogens is 292 g/mol. The van der Waals surface area contributed by atoms with E-state index in [1.807, 2.05) is 36.2 Å². The van der Waals surface area contributed by atoms with Crippen LogP contribution in [0.4, 0.5) is 0 Å². The molecule has 124 valence electrons. The molecule has 2 amide bonds. The van der Waals surface area contributed by atoms with Crippen molar-refractivity contribution in [2.75, 3.05) is 46.8 Å². The zero-order valence-electron chi connectivity index (χ0n) is 13.8. The molecule has 6 heteroatoms. The molecule has 2 fully saturated rings. The Morgan fingerprint density at radius 2 is 2.13 bits per heavy atom. The SMILES string of the molecule is CN(C)CCN1C[C@@H](C(=O)N2CC(c3cccnc3)C2)CC1=O. The minimum Gasteiger partial charge on any atom is -0.341 e. The minimum absolute atomic E-state index is 0.106. The number of aromatic nitrogens is 1. The molecule has 0 bridgehead atoms. The van der Waals surface area contributed by atoms with E-state index >= 15 is 0 Å². The van der Waals surface area contributed by atoms with Crippen molar-refractivity contribution in [1.82, 2.24) is 19.7 Å². The van der Waals surface area contributed by atoms with Gasteiger partial charge in [0, 0.05) is 57.5 Å². The van der Waals surface area contributed by atoms with Gasteiger partial charge in [0.15, 0.2) is 0 Å². The summed E-state index contributed by atoms with van der Waals surface area (Å²) in [6.45, 7) is 3.59. The average molecular weight is 316 g/mol. The molecule has 1 atom stereocenters. The molecule has 0 N–H and O–H groups in total. The van der Waals surface area contributed by atoms with Crippen LogP contribution >= 0.6 is 0 Å². The zero-order chi connectivity index (χ0) is 16.4. The third kappa shape index (κ3) is 3.52. The van der Waals surface area contributed by atoms with Crippen LogP contribution in [0.5, 0.6) is 0 Å². The lowest BCUT2D eigenvalue weighted by Crippen LogP contribution is -2.51. The summed E-state index contributed by atoms with van der Waals surface area (Å²) in [6, 6.07) is 3.99. The molecule has 0 saturated carbocycles. The first-order valence-corrected chi connectivity index (χ1v) is 8.16. The van der Waals surface area contributed by atoms with Gasteiger partial charge in [0.2, 0.25) is 11.8 Å². The molecule has 0 spiro atoms. The highest BCUT2D eigenvalue weighted by Crippen LogP contribution is 2.29. The summed E-state index contributed by atoms with van der Waals surface area (Å²) < 4.78 is 0. The lowest BCUT2D eigenvalue weighted by Gasteiger charge is -2.40. The molecule has 1 aromatic rings. The fraction of sp³-hybridized carbons (Fsp3) is 0.588. The lowest BCUT2D eigenvalue weighted by atomic mass is 9.91. The number of carbonyl (C=O) groups excluding carboxylic acids is 2. The highest BCUT2D eigenvalue weighted by molar-refractivity contribution is 5.89.